The van der Waals surface area contributed by atoms with Crippen LogP contribution in [0.1, 0.15) is 6.92 Å². The number of aliphatic carboxylic acids is 1. The number of fused-ring (bicyclic) bond motifs is 1. The van der Waals surface area contributed by atoms with Crippen molar-refractivity contribution >= 4 is 5.97 Å². The first-order chi connectivity index (χ1) is 6.70. The van der Waals surface area contributed by atoms with Crippen molar-refractivity contribution in [1.29, 1.82) is 0 Å². The SMILES string of the molecule is CC1C=CC=C2C=CC=C(C(=O)O)C21. The fourth-order valence-electron chi connectivity index (χ4n) is 2.05. The predicted octanol–water partition coefficient (Wildman–Crippen LogP) is 2.32. The molecule has 14 heavy (non-hydrogen) atoms. The van der Waals surface area contributed by atoms with Crippen LogP contribution in [0.15, 0.2) is 47.6 Å². The minimum Gasteiger partial charge on any atom is -0.478 e. The molecule has 72 valence electrons. The number of carbonyl (C=O) groups is 1. The third kappa shape index (κ3) is 1.33. The maximum absolute atomic E-state index is 11.0. The van der Waals surface area contributed by atoms with E-state index < -0.39 is 5.97 Å². The molecule has 0 bridgehead atoms. The van der Waals surface area contributed by atoms with E-state index in [2.05, 4.69) is 0 Å². The van der Waals surface area contributed by atoms with Gasteiger partial charge in [0, 0.05) is 11.5 Å². The lowest BCUT2D eigenvalue weighted by molar-refractivity contribution is -0.133. The van der Waals surface area contributed by atoms with Crippen molar-refractivity contribution in [3.63, 3.8) is 0 Å². The van der Waals surface area contributed by atoms with Crippen LogP contribution >= 0.6 is 0 Å². The summed E-state index contributed by atoms with van der Waals surface area (Å²) in [5.41, 5.74) is 1.59. The average Bonchev–Trinajstić information content (AvgIpc) is 2.17. The second-order valence-electron chi connectivity index (χ2n) is 3.67. The Hall–Kier alpha value is -1.57. The number of allylic oxidation sites excluding steroid dienone is 7. The Bertz CT molecular complexity index is 383. The summed E-state index contributed by atoms with van der Waals surface area (Å²) in [6.45, 7) is 2.05. The van der Waals surface area contributed by atoms with E-state index in [0.717, 1.165) is 5.57 Å². The zero-order chi connectivity index (χ0) is 10.1. The minimum atomic E-state index is -0.813. The first-order valence-electron chi connectivity index (χ1n) is 4.70. The van der Waals surface area contributed by atoms with Crippen molar-refractivity contribution in [2.45, 2.75) is 6.92 Å². The molecule has 2 rings (SSSR count). The standard InChI is InChI=1S/C12H12O2/c1-8-4-2-5-9-6-3-7-10(11(8)9)12(13)14/h2-8,11H,1H3,(H,13,14). The van der Waals surface area contributed by atoms with Crippen molar-refractivity contribution in [3.05, 3.63) is 47.6 Å². The maximum atomic E-state index is 11.0. The third-order valence-corrected chi connectivity index (χ3v) is 2.73. The normalized spacial score (nSPS) is 29.2. The van der Waals surface area contributed by atoms with Crippen molar-refractivity contribution in [1.82, 2.24) is 0 Å². The average molecular weight is 188 g/mol. The number of carboxylic acids is 1. The van der Waals surface area contributed by atoms with E-state index in [-0.39, 0.29) is 11.8 Å². The highest BCUT2D eigenvalue weighted by Gasteiger charge is 2.29. The molecule has 0 heterocycles. The van der Waals surface area contributed by atoms with Crippen LogP contribution in [0.5, 0.6) is 0 Å². The smallest absolute Gasteiger partial charge is 0.332 e. The van der Waals surface area contributed by atoms with Gasteiger partial charge in [-0.1, -0.05) is 43.4 Å². The van der Waals surface area contributed by atoms with Gasteiger partial charge in [0.1, 0.15) is 0 Å². The summed E-state index contributed by atoms with van der Waals surface area (Å²) in [6, 6.07) is 0. The number of rotatable bonds is 1. The van der Waals surface area contributed by atoms with Crippen molar-refractivity contribution in [2.75, 3.05) is 0 Å². The highest BCUT2D eigenvalue weighted by Crippen LogP contribution is 2.35. The van der Waals surface area contributed by atoms with Crippen LogP contribution in [-0.2, 0) is 4.79 Å². The van der Waals surface area contributed by atoms with Gasteiger partial charge in [0.25, 0.3) is 0 Å². The highest BCUT2D eigenvalue weighted by molar-refractivity contribution is 5.89. The summed E-state index contributed by atoms with van der Waals surface area (Å²) in [5, 5.41) is 9.04. The Labute approximate surface area is 82.9 Å². The van der Waals surface area contributed by atoms with Crippen LogP contribution in [-0.4, -0.2) is 11.1 Å². The van der Waals surface area contributed by atoms with Gasteiger partial charge in [-0.2, -0.15) is 0 Å². The molecule has 0 fully saturated rings. The number of hydrogen-bond acceptors (Lipinski definition) is 1. The Kier molecular flexibility index (Phi) is 2.12. The van der Waals surface area contributed by atoms with Crippen molar-refractivity contribution in [3.8, 4) is 0 Å². The van der Waals surface area contributed by atoms with Gasteiger partial charge >= 0.3 is 5.97 Å². The largest absolute Gasteiger partial charge is 0.478 e. The molecule has 0 spiro atoms. The highest BCUT2D eigenvalue weighted by atomic mass is 16.4. The van der Waals surface area contributed by atoms with Crippen LogP contribution in [0.2, 0.25) is 0 Å². The van der Waals surface area contributed by atoms with Gasteiger partial charge in [0.15, 0.2) is 0 Å². The van der Waals surface area contributed by atoms with Crippen LogP contribution in [0.3, 0.4) is 0 Å². The number of carboxylic acid groups (broad SMARTS) is 1. The molecule has 0 aromatic rings. The van der Waals surface area contributed by atoms with Crippen LogP contribution in [0, 0.1) is 11.8 Å². The van der Waals surface area contributed by atoms with Gasteiger partial charge in [-0.25, -0.2) is 4.79 Å². The molecule has 0 amide bonds. The Morgan fingerprint density at radius 3 is 2.86 bits per heavy atom. The molecule has 2 aliphatic carbocycles. The maximum Gasteiger partial charge on any atom is 0.332 e. The topological polar surface area (TPSA) is 37.3 Å². The third-order valence-electron chi connectivity index (χ3n) is 2.73. The lowest BCUT2D eigenvalue weighted by atomic mass is 9.76. The number of hydrogen-bond donors (Lipinski definition) is 1. The Morgan fingerprint density at radius 1 is 1.36 bits per heavy atom. The molecule has 0 aromatic heterocycles. The fourth-order valence-corrected chi connectivity index (χ4v) is 2.05. The summed E-state index contributed by atoms with van der Waals surface area (Å²) < 4.78 is 0. The zero-order valence-corrected chi connectivity index (χ0v) is 7.97. The van der Waals surface area contributed by atoms with E-state index in [1.54, 1.807) is 12.2 Å². The summed E-state index contributed by atoms with van der Waals surface area (Å²) in [5.74, 6) is -0.516. The molecule has 2 atom stereocenters. The van der Waals surface area contributed by atoms with E-state index in [4.69, 9.17) is 5.11 Å². The zero-order valence-electron chi connectivity index (χ0n) is 7.97. The predicted molar refractivity (Wildman–Crippen MR) is 54.7 cm³/mol. The molecule has 2 unspecified atom stereocenters. The summed E-state index contributed by atoms with van der Waals surface area (Å²) >= 11 is 0. The summed E-state index contributed by atoms with van der Waals surface area (Å²) in [6.07, 6.45) is 11.5. The quantitative estimate of drug-likeness (QED) is 0.685. The van der Waals surface area contributed by atoms with Gasteiger partial charge < -0.3 is 5.11 Å². The molecule has 2 aliphatic rings. The molecule has 2 nitrogen and oxygen atoms in total. The molecule has 0 saturated heterocycles. The lowest BCUT2D eigenvalue weighted by Gasteiger charge is -2.28. The Balaban J connectivity index is 2.43. The first-order valence-corrected chi connectivity index (χ1v) is 4.70. The molecular formula is C12H12O2. The van der Waals surface area contributed by atoms with Gasteiger partial charge in [0.2, 0.25) is 0 Å². The van der Waals surface area contributed by atoms with Crippen LogP contribution in [0.4, 0.5) is 0 Å². The van der Waals surface area contributed by atoms with Crippen LogP contribution in [0.25, 0.3) is 0 Å². The minimum absolute atomic E-state index is 0.0301. The second-order valence-corrected chi connectivity index (χ2v) is 3.67. The van der Waals surface area contributed by atoms with Gasteiger partial charge in [-0.15, -0.1) is 0 Å². The summed E-state index contributed by atoms with van der Waals surface area (Å²) in [4.78, 5) is 11.0. The second kappa shape index (κ2) is 3.29. The van der Waals surface area contributed by atoms with Gasteiger partial charge in [0.05, 0.1) is 0 Å². The van der Waals surface area contributed by atoms with E-state index >= 15 is 0 Å². The van der Waals surface area contributed by atoms with E-state index in [9.17, 15) is 4.79 Å². The molecule has 0 saturated carbocycles. The molecule has 0 radical (unpaired) electrons. The van der Waals surface area contributed by atoms with Gasteiger partial charge in [-0.3, -0.25) is 0 Å². The Morgan fingerprint density at radius 2 is 2.14 bits per heavy atom. The summed E-state index contributed by atoms with van der Waals surface area (Å²) in [7, 11) is 0. The lowest BCUT2D eigenvalue weighted by Crippen LogP contribution is -2.23. The molecule has 2 heteroatoms. The van der Waals surface area contributed by atoms with Crippen LogP contribution < -0.4 is 0 Å². The molecule has 1 N–H and O–H groups in total. The van der Waals surface area contributed by atoms with E-state index in [0.29, 0.717) is 5.57 Å². The van der Waals surface area contributed by atoms with Crippen molar-refractivity contribution < 1.29 is 9.90 Å². The first kappa shape index (κ1) is 9.00. The van der Waals surface area contributed by atoms with E-state index in [1.807, 2.05) is 31.2 Å². The monoisotopic (exact) mass is 188 g/mol. The van der Waals surface area contributed by atoms with Gasteiger partial charge in [-0.05, 0) is 11.5 Å². The van der Waals surface area contributed by atoms with Crippen molar-refractivity contribution in [2.24, 2.45) is 11.8 Å². The molecule has 0 aliphatic heterocycles. The molecular weight excluding hydrogens is 176 g/mol. The fraction of sp³-hybridized carbons (Fsp3) is 0.250. The molecule has 0 aromatic carbocycles. The van der Waals surface area contributed by atoms with E-state index in [1.165, 1.54) is 0 Å².